The van der Waals surface area contributed by atoms with Crippen molar-refractivity contribution in [3.05, 3.63) is 46.2 Å². The molecular weight excluding hydrogens is 460 g/mol. The van der Waals surface area contributed by atoms with Crippen LogP contribution in [-0.4, -0.2) is 80.6 Å². The van der Waals surface area contributed by atoms with E-state index in [0.717, 1.165) is 6.92 Å². The number of nitrogens with two attached hydrogens (primary N) is 1. The number of phenols is 1. The number of fused-ring (bicyclic) bond motifs is 3. The number of phenolic OH excluding ortho intramolecular Hbond substituents is 1. The van der Waals surface area contributed by atoms with Crippen LogP contribution in [-0.2, 0) is 23.9 Å². The van der Waals surface area contributed by atoms with Crippen molar-refractivity contribution in [3.8, 4) is 5.75 Å². The first kappa shape index (κ1) is 24.4. The molecule has 3 aliphatic rings. The molecule has 1 amide bonds. The maximum atomic E-state index is 13.9. The van der Waals surface area contributed by atoms with Crippen LogP contribution in [0.4, 0.5) is 0 Å². The molecule has 0 spiro atoms. The number of ketones is 2. The SMILES string of the molecule is CC(=O)O[C@H]1[C@H]2C(=C(O)c3c(O)cccc3[C@@H]2C)C(=O)[C@]2(O)C(O)=C(C(N)=O)C(=O)[C@@H](N(C)C)[C@H]12. The number of primary amides is 1. The van der Waals surface area contributed by atoms with Gasteiger partial charge in [-0.05, 0) is 31.6 Å². The fraction of sp³-hybridized carbons (Fsp3) is 0.417. The highest BCUT2D eigenvalue weighted by Crippen LogP contribution is 2.56. The molecule has 11 nitrogen and oxygen atoms in total. The summed E-state index contributed by atoms with van der Waals surface area (Å²) in [6.45, 7) is 2.79. The Hall–Kier alpha value is -3.70. The Morgan fingerprint density at radius 1 is 1.14 bits per heavy atom. The van der Waals surface area contributed by atoms with Crippen LogP contribution in [0.15, 0.2) is 35.1 Å². The van der Waals surface area contributed by atoms with Gasteiger partial charge in [-0.1, -0.05) is 19.1 Å². The molecule has 0 heterocycles. The second-order valence-electron chi connectivity index (χ2n) is 9.37. The molecule has 6 atom stereocenters. The molecule has 1 aromatic carbocycles. The van der Waals surface area contributed by atoms with E-state index < -0.39 is 81.6 Å². The Balaban J connectivity index is 2.12. The van der Waals surface area contributed by atoms with Gasteiger partial charge >= 0.3 is 5.97 Å². The second kappa shape index (κ2) is 7.92. The van der Waals surface area contributed by atoms with Gasteiger partial charge in [0, 0.05) is 18.4 Å². The fourth-order valence-electron chi connectivity index (χ4n) is 5.88. The number of carbonyl (C=O) groups is 4. The molecule has 1 fully saturated rings. The maximum absolute atomic E-state index is 13.9. The molecule has 6 N–H and O–H groups in total. The van der Waals surface area contributed by atoms with Gasteiger partial charge in [0.05, 0.1) is 17.5 Å². The summed E-state index contributed by atoms with van der Waals surface area (Å²) in [5, 5.41) is 44.3. The van der Waals surface area contributed by atoms with Gasteiger partial charge in [0.1, 0.15) is 28.9 Å². The molecule has 0 radical (unpaired) electrons. The highest BCUT2D eigenvalue weighted by Gasteiger charge is 2.69. The van der Waals surface area contributed by atoms with E-state index >= 15 is 0 Å². The zero-order valence-corrected chi connectivity index (χ0v) is 19.5. The number of esters is 1. The van der Waals surface area contributed by atoms with Gasteiger partial charge < -0.3 is 30.9 Å². The number of ether oxygens (including phenoxy) is 1. The largest absolute Gasteiger partial charge is 0.508 e. The van der Waals surface area contributed by atoms with Crippen molar-refractivity contribution in [3.63, 3.8) is 0 Å². The summed E-state index contributed by atoms with van der Waals surface area (Å²) >= 11 is 0. The molecule has 186 valence electrons. The summed E-state index contributed by atoms with van der Waals surface area (Å²) in [7, 11) is 2.92. The summed E-state index contributed by atoms with van der Waals surface area (Å²) in [5.41, 5.74) is 1.43. The lowest BCUT2D eigenvalue weighted by Crippen LogP contribution is -2.71. The van der Waals surface area contributed by atoms with E-state index in [1.54, 1.807) is 19.1 Å². The first-order valence-corrected chi connectivity index (χ1v) is 10.9. The van der Waals surface area contributed by atoms with Crippen molar-refractivity contribution in [2.24, 2.45) is 17.6 Å². The number of Topliss-reactive ketones (excluding diaryl/α,β-unsaturated/α-hetero) is 2. The van der Waals surface area contributed by atoms with E-state index in [2.05, 4.69) is 0 Å². The van der Waals surface area contributed by atoms with Crippen LogP contribution >= 0.6 is 0 Å². The van der Waals surface area contributed by atoms with Gasteiger partial charge in [0.25, 0.3) is 5.91 Å². The molecule has 11 heteroatoms. The molecule has 0 aliphatic heterocycles. The fourth-order valence-corrected chi connectivity index (χ4v) is 5.88. The zero-order valence-electron chi connectivity index (χ0n) is 19.5. The Morgan fingerprint density at radius 2 is 1.77 bits per heavy atom. The summed E-state index contributed by atoms with van der Waals surface area (Å²) < 4.78 is 5.59. The van der Waals surface area contributed by atoms with E-state index in [9.17, 15) is 39.6 Å². The average Bonchev–Trinajstić information content (AvgIpc) is 2.75. The minimum atomic E-state index is -2.94. The minimum Gasteiger partial charge on any atom is -0.508 e. The predicted octanol–water partition coefficient (Wildman–Crippen LogP) is 0.0666. The molecule has 35 heavy (non-hydrogen) atoms. The molecule has 3 aliphatic carbocycles. The topological polar surface area (TPSA) is 188 Å². The number of rotatable bonds is 3. The van der Waals surface area contributed by atoms with E-state index in [0.29, 0.717) is 5.56 Å². The van der Waals surface area contributed by atoms with Crippen molar-refractivity contribution in [2.75, 3.05) is 14.1 Å². The number of carbonyl (C=O) groups excluding carboxylic acids is 4. The molecule has 0 aromatic heterocycles. The Kier molecular flexibility index (Phi) is 5.53. The van der Waals surface area contributed by atoms with Gasteiger partial charge in [0.15, 0.2) is 11.4 Å². The number of aromatic hydroxyl groups is 1. The predicted molar refractivity (Wildman–Crippen MR) is 120 cm³/mol. The number of aliphatic hydroxyl groups excluding tert-OH is 2. The highest BCUT2D eigenvalue weighted by molar-refractivity contribution is 6.24. The van der Waals surface area contributed by atoms with E-state index in [1.165, 1.54) is 25.1 Å². The summed E-state index contributed by atoms with van der Waals surface area (Å²) in [5.74, 6) is -9.79. The number of aliphatic hydroxyl groups is 3. The van der Waals surface area contributed by atoms with Gasteiger partial charge in [0.2, 0.25) is 5.78 Å². The Labute approximate surface area is 200 Å². The molecule has 0 saturated heterocycles. The standard InChI is InChI=1S/C24H26N2O9/c1-8-10-6-5-7-11(28)13(10)18(29)14-12(8)20(35-9(2)27)16-17(26(3)4)19(30)15(23(25)33)22(32)24(16,34)21(14)31/h5-8,12,16-17,20,28-29,32,34H,1-4H3,(H2,25,33)/t8-,12+,16+,17-,20-,24-/m0/s1. The first-order valence-electron chi connectivity index (χ1n) is 10.9. The van der Waals surface area contributed by atoms with Crippen LogP contribution < -0.4 is 5.73 Å². The highest BCUT2D eigenvalue weighted by atomic mass is 16.5. The Morgan fingerprint density at radius 3 is 2.31 bits per heavy atom. The average molecular weight is 486 g/mol. The molecule has 1 saturated carbocycles. The van der Waals surface area contributed by atoms with Crippen molar-refractivity contribution < 1.29 is 44.3 Å². The quantitative estimate of drug-likeness (QED) is 0.289. The molecule has 1 aromatic rings. The van der Waals surface area contributed by atoms with Gasteiger partial charge in [-0.15, -0.1) is 0 Å². The van der Waals surface area contributed by atoms with E-state index in [-0.39, 0.29) is 11.3 Å². The van der Waals surface area contributed by atoms with Crippen LogP contribution in [0.1, 0.15) is 30.9 Å². The maximum Gasteiger partial charge on any atom is 0.302 e. The smallest absolute Gasteiger partial charge is 0.302 e. The monoisotopic (exact) mass is 486 g/mol. The Bertz CT molecular complexity index is 1250. The molecule has 0 bridgehead atoms. The van der Waals surface area contributed by atoms with Crippen LogP contribution in [0.25, 0.3) is 5.76 Å². The third-order valence-corrected chi connectivity index (χ3v) is 7.27. The van der Waals surface area contributed by atoms with Crippen LogP contribution in [0.5, 0.6) is 5.75 Å². The summed E-state index contributed by atoms with van der Waals surface area (Å²) in [4.78, 5) is 52.8. The lowest BCUT2D eigenvalue weighted by atomic mass is 9.54. The molecular formula is C24H26N2O9. The van der Waals surface area contributed by atoms with Crippen molar-refractivity contribution >= 4 is 29.2 Å². The molecule has 0 unspecified atom stereocenters. The third-order valence-electron chi connectivity index (χ3n) is 7.27. The minimum absolute atomic E-state index is 0.0436. The number of amides is 1. The van der Waals surface area contributed by atoms with Gasteiger partial charge in [-0.2, -0.15) is 0 Å². The number of hydrogen-bond donors (Lipinski definition) is 5. The summed E-state index contributed by atoms with van der Waals surface area (Å²) in [6.07, 6.45) is -1.40. The lowest BCUT2D eigenvalue weighted by molar-refractivity contribution is -0.184. The second-order valence-corrected chi connectivity index (χ2v) is 9.37. The van der Waals surface area contributed by atoms with E-state index in [4.69, 9.17) is 10.5 Å². The summed E-state index contributed by atoms with van der Waals surface area (Å²) in [6, 6.07) is 3.08. The first-order chi connectivity index (χ1) is 16.3. The third kappa shape index (κ3) is 3.11. The van der Waals surface area contributed by atoms with Gasteiger partial charge in [-0.25, -0.2) is 0 Å². The normalized spacial score (nSPS) is 32.2. The number of hydrogen-bond acceptors (Lipinski definition) is 10. The van der Waals surface area contributed by atoms with E-state index in [1.807, 2.05) is 0 Å². The number of benzene rings is 1. The van der Waals surface area contributed by atoms with Crippen molar-refractivity contribution in [1.29, 1.82) is 0 Å². The molecule has 4 rings (SSSR count). The van der Waals surface area contributed by atoms with Crippen molar-refractivity contribution in [2.45, 2.75) is 37.5 Å². The van der Waals surface area contributed by atoms with Crippen LogP contribution in [0.2, 0.25) is 0 Å². The number of nitrogens with zero attached hydrogens (tertiary/aromatic N) is 1. The lowest BCUT2D eigenvalue weighted by Gasteiger charge is -2.54. The van der Waals surface area contributed by atoms with Crippen molar-refractivity contribution in [1.82, 2.24) is 4.90 Å². The zero-order chi connectivity index (χ0) is 26.1. The van der Waals surface area contributed by atoms with Crippen LogP contribution in [0, 0.1) is 11.8 Å². The van der Waals surface area contributed by atoms with Gasteiger partial charge in [-0.3, -0.25) is 24.1 Å². The van der Waals surface area contributed by atoms with Crippen LogP contribution in [0.3, 0.4) is 0 Å². The number of likely N-dealkylation sites (N-methyl/N-ethyl adjacent to an activating group) is 1.